The molecule has 1 saturated heterocycles. The molecule has 0 spiro atoms. The van der Waals surface area contributed by atoms with Gasteiger partial charge in [0.05, 0.1) is 0 Å². The van der Waals surface area contributed by atoms with Crippen LogP contribution in [0, 0.1) is 0 Å². The number of hydrogen-bond acceptors (Lipinski definition) is 1. The van der Waals surface area contributed by atoms with E-state index in [-0.39, 0.29) is 5.02 Å². The van der Waals surface area contributed by atoms with Gasteiger partial charge in [-0.25, -0.2) is 0 Å². The summed E-state index contributed by atoms with van der Waals surface area (Å²) in [5, 5.41) is 0.0417. The van der Waals surface area contributed by atoms with E-state index >= 15 is 0 Å². The van der Waals surface area contributed by atoms with E-state index in [2.05, 4.69) is 68.3 Å². The summed E-state index contributed by atoms with van der Waals surface area (Å²) in [7, 11) is 0. The first-order valence-corrected chi connectivity index (χ1v) is 19.2. The van der Waals surface area contributed by atoms with Crippen LogP contribution in [0.25, 0.3) is 0 Å². The van der Waals surface area contributed by atoms with Gasteiger partial charge in [-0.15, -0.1) is 0 Å². The molecule has 1 rings (SSSR count). The first-order chi connectivity index (χ1) is 4.21. The van der Waals surface area contributed by atoms with Crippen molar-refractivity contribution in [3.8, 4) is 0 Å². The van der Waals surface area contributed by atoms with E-state index in [9.17, 15) is 0 Å². The summed E-state index contributed by atoms with van der Waals surface area (Å²) >= 11 is 13.7. The summed E-state index contributed by atoms with van der Waals surface area (Å²) in [6.45, 7) is 2.15. The molecule has 0 aromatic heterocycles. The first-order valence-electron chi connectivity index (χ1n) is 2.33. The quantitative estimate of drug-likeness (QED) is 0.354. The van der Waals surface area contributed by atoms with Gasteiger partial charge in [-0.2, -0.15) is 0 Å². The van der Waals surface area contributed by atoms with E-state index in [1.54, 1.807) is 0 Å². The zero-order valence-corrected chi connectivity index (χ0v) is 15.4. The molecule has 1 aliphatic rings. The second-order valence-electron chi connectivity index (χ2n) is 2.17. The van der Waals surface area contributed by atoms with Gasteiger partial charge in [0.2, 0.25) is 0 Å². The van der Waals surface area contributed by atoms with Crippen LogP contribution >= 0.6 is 5.78 Å². The molecule has 1 aliphatic heterocycles. The Bertz CT molecular complexity index is 234. The van der Waals surface area contributed by atoms with Crippen molar-refractivity contribution in [2.75, 3.05) is 0 Å². The van der Waals surface area contributed by atoms with Gasteiger partial charge in [-0.05, 0) is 0 Å². The molecule has 1 fully saturated rings. The van der Waals surface area contributed by atoms with Crippen LogP contribution in [0.5, 0.6) is 0 Å². The summed E-state index contributed by atoms with van der Waals surface area (Å²) in [5.41, 5.74) is 6.17. The molecule has 0 saturated carbocycles. The van der Waals surface area contributed by atoms with E-state index in [0.717, 1.165) is 0 Å². The molecule has 1 heterocycles. The van der Waals surface area contributed by atoms with Gasteiger partial charge in [0, 0.05) is 0 Å². The number of hydrogen-bond donors (Lipinski definition) is 1. The van der Waals surface area contributed by atoms with Crippen LogP contribution in [0.4, 0.5) is 0 Å². The molecule has 0 aromatic carbocycles. The molecular weight excluding hydrogens is 495 g/mol. The zero-order valence-electron chi connectivity index (χ0n) is 5.01. The SMILES string of the molecule is CC1(N)P(=[Se])([Se-])[Se]P1(=[Se])[Se-]. The van der Waals surface area contributed by atoms with Crippen LogP contribution in [0.1, 0.15) is 6.92 Å². The van der Waals surface area contributed by atoms with Crippen LogP contribution in [-0.4, -0.2) is 80.4 Å². The van der Waals surface area contributed by atoms with Gasteiger partial charge in [-0.1, -0.05) is 0 Å². The predicted molar refractivity (Wildman–Crippen MR) is 55.2 cm³/mol. The Hall–Kier alpha value is 3.42. The zero-order chi connectivity index (χ0) is 8.21. The normalized spacial score (nSPS) is 61.6. The fraction of sp³-hybridized carbons (Fsp3) is 1.00. The second kappa shape index (κ2) is 3.22. The standard InChI is InChI=1S/C2H7NP2Se5/c1-2(3)4(6,7)10-5(2,8)9/h3H2,1H3,(H,6,7)(H,8,9)/p-2. The van der Waals surface area contributed by atoms with Gasteiger partial charge >= 0.3 is 98.9 Å². The van der Waals surface area contributed by atoms with E-state index in [4.69, 9.17) is 5.73 Å². The van der Waals surface area contributed by atoms with Gasteiger partial charge in [0.25, 0.3) is 0 Å². The Labute approximate surface area is 97.4 Å². The summed E-state index contributed by atoms with van der Waals surface area (Å²) in [6.07, 6.45) is 0. The van der Waals surface area contributed by atoms with Crippen molar-refractivity contribution in [1.82, 2.24) is 0 Å². The van der Waals surface area contributed by atoms with Crippen molar-refractivity contribution >= 4 is 81.2 Å². The monoisotopic (exact) mass is 505 g/mol. The van der Waals surface area contributed by atoms with Crippen LogP contribution in [0.15, 0.2) is 0 Å². The first kappa shape index (κ1) is 11.5. The summed E-state index contributed by atoms with van der Waals surface area (Å²) in [6, 6.07) is 0. The van der Waals surface area contributed by atoms with Crippen molar-refractivity contribution in [3.63, 3.8) is 0 Å². The van der Waals surface area contributed by atoms with Crippen molar-refractivity contribution < 1.29 is 0 Å². The topological polar surface area (TPSA) is 26.0 Å². The number of nitrogens with two attached hydrogens (primary N) is 1. The Balaban J connectivity index is 3.08. The van der Waals surface area contributed by atoms with Gasteiger partial charge < -0.3 is 0 Å². The Kier molecular flexibility index (Phi) is 3.70. The van der Waals surface area contributed by atoms with Gasteiger partial charge in [-0.3, -0.25) is 0 Å². The molecular formula is C2H5NP2Se5-2. The van der Waals surface area contributed by atoms with Crippen molar-refractivity contribution in [3.05, 3.63) is 0 Å². The van der Waals surface area contributed by atoms with Crippen LogP contribution in [-0.2, 0) is 0 Å². The van der Waals surface area contributed by atoms with Crippen LogP contribution in [0.2, 0.25) is 0 Å². The fourth-order valence-corrected chi connectivity index (χ4v) is 125. The van der Waals surface area contributed by atoms with Crippen molar-refractivity contribution in [2.45, 2.75) is 11.9 Å². The fourth-order valence-electron chi connectivity index (χ4n) is 0.424. The third-order valence-electron chi connectivity index (χ3n) is 1.32. The molecule has 10 heavy (non-hydrogen) atoms. The summed E-state index contributed by atoms with van der Waals surface area (Å²) < 4.78 is -1.93. The third-order valence-corrected chi connectivity index (χ3v) is 61.1. The Morgan fingerprint density at radius 1 is 1.40 bits per heavy atom. The summed E-state index contributed by atoms with van der Waals surface area (Å²) in [5.74, 6) is 0. The molecule has 0 bridgehead atoms. The van der Waals surface area contributed by atoms with E-state index in [0.29, 0.717) is 14.1 Å². The van der Waals surface area contributed by atoms with E-state index in [1.807, 2.05) is 0 Å². The third kappa shape index (κ3) is 1.65. The van der Waals surface area contributed by atoms with Crippen LogP contribution in [0.3, 0.4) is 0 Å². The van der Waals surface area contributed by atoms with E-state index in [1.165, 1.54) is 0 Å². The molecule has 1 nitrogen and oxygen atoms in total. The average Bonchev–Trinajstić information content (AvgIpc) is 1.61. The molecule has 2 unspecified atom stereocenters. The van der Waals surface area contributed by atoms with Crippen LogP contribution < -0.4 is 5.73 Å². The molecule has 60 valence electrons. The predicted octanol–water partition coefficient (Wildman–Crippen LogP) is -0.464. The molecule has 0 amide bonds. The van der Waals surface area contributed by atoms with Gasteiger partial charge in [0.15, 0.2) is 0 Å². The molecule has 0 radical (unpaired) electrons. The Morgan fingerprint density at radius 2 is 1.70 bits per heavy atom. The minimum absolute atomic E-state index is 0.0417. The second-order valence-corrected chi connectivity index (χ2v) is 51.9. The molecule has 2 atom stereocenters. The van der Waals surface area contributed by atoms with Gasteiger partial charge in [0.1, 0.15) is 0 Å². The van der Waals surface area contributed by atoms with E-state index < -0.39 is 5.78 Å². The summed E-state index contributed by atoms with van der Waals surface area (Å²) in [4.78, 5) is 0. The number of rotatable bonds is 0. The molecule has 0 aliphatic carbocycles. The molecule has 2 N–H and O–H groups in total. The molecule has 0 aromatic rings. The maximum absolute atomic E-state index is 6.17. The van der Waals surface area contributed by atoms with Crippen molar-refractivity contribution in [1.29, 1.82) is 0 Å². The maximum atomic E-state index is 6.17. The Morgan fingerprint density at radius 3 is 1.70 bits per heavy atom. The minimum atomic E-state index is -0.963. The van der Waals surface area contributed by atoms with Crippen molar-refractivity contribution in [2.24, 2.45) is 5.73 Å². The molecule has 8 heteroatoms. The average molecular weight is 500 g/mol.